The number of hydrogen-bond acceptors (Lipinski definition) is 3. The van der Waals surface area contributed by atoms with Crippen molar-refractivity contribution in [2.75, 3.05) is 6.61 Å². The zero-order valence-corrected chi connectivity index (χ0v) is 12.0. The van der Waals surface area contributed by atoms with Crippen molar-refractivity contribution in [2.45, 2.75) is 46.4 Å². The number of rotatable bonds is 5. The van der Waals surface area contributed by atoms with Crippen molar-refractivity contribution < 1.29 is 4.74 Å². The normalized spacial score (nSPS) is 12.1. The van der Waals surface area contributed by atoms with Crippen LogP contribution in [0.5, 0.6) is 0 Å². The first-order valence-corrected chi connectivity index (χ1v) is 6.23. The van der Waals surface area contributed by atoms with Gasteiger partial charge in [-0.1, -0.05) is 0 Å². The summed E-state index contributed by atoms with van der Waals surface area (Å²) < 4.78 is 8.58. The van der Waals surface area contributed by atoms with Gasteiger partial charge in [-0.05, 0) is 43.6 Å². The quantitative estimate of drug-likeness (QED) is 0.904. The molecule has 0 aliphatic carbocycles. The third-order valence-corrected chi connectivity index (χ3v) is 3.20. The van der Waals surface area contributed by atoms with E-state index in [4.69, 9.17) is 10.5 Å². The lowest BCUT2D eigenvalue weighted by molar-refractivity contribution is 0.0802. The Hall–Kier alpha value is -0.390. The summed E-state index contributed by atoms with van der Waals surface area (Å²) in [6.45, 7) is 9.86. The number of aryl methyl sites for hydroxylation is 2. The molecule has 0 radical (unpaired) electrons. The minimum absolute atomic E-state index is 0.293. The maximum Gasteiger partial charge on any atom is 0.0897 e. The van der Waals surface area contributed by atoms with E-state index in [1.807, 2.05) is 25.5 Å². The van der Waals surface area contributed by atoms with Gasteiger partial charge in [0.2, 0.25) is 0 Å². The Morgan fingerprint density at radius 1 is 1.50 bits per heavy atom. The van der Waals surface area contributed by atoms with E-state index in [2.05, 4.69) is 28.0 Å². The summed E-state index contributed by atoms with van der Waals surface area (Å²) in [4.78, 5) is 0. The lowest BCUT2D eigenvalue weighted by atomic mass is 10.1. The molecule has 0 unspecified atom stereocenters. The minimum atomic E-state index is -0.293. The van der Waals surface area contributed by atoms with Gasteiger partial charge in [-0.2, -0.15) is 5.10 Å². The van der Waals surface area contributed by atoms with E-state index in [0.29, 0.717) is 13.2 Å². The third-order valence-electron chi connectivity index (χ3n) is 2.17. The van der Waals surface area contributed by atoms with Crippen LogP contribution in [0.4, 0.5) is 0 Å². The molecular weight excluding hydrogens is 270 g/mol. The predicted molar refractivity (Wildman–Crippen MR) is 68.3 cm³/mol. The highest BCUT2D eigenvalue weighted by Crippen LogP contribution is 2.21. The van der Waals surface area contributed by atoms with Crippen molar-refractivity contribution in [1.29, 1.82) is 0 Å². The van der Waals surface area contributed by atoms with E-state index in [1.165, 1.54) is 0 Å². The SMILES string of the molecule is CCn1nc(C)c(Br)c1COCC(C)(C)N. The number of aromatic nitrogens is 2. The van der Waals surface area contributed by atoms with Gasteiger partial charge in [-0.15, -0.1) is 0 Å². The molecule has 4 nitrogen and oxygen atoms in total. The first kappa shape index (κ1) is 13.7. The fourth-order valence-electron chi connectivity index (χ4n) is 1.42. The Kier molecular flexibility index (Phi) is 4.52. The van der Waals surface area contributed by atoms with Crippen LogP contribution in [0, 0.1) is 6.92 Å². The minimum Gasteiger partial charge on any atom is -0.373 e. The number of hydrogen-bond donors (Lipinski definition) is 1. The maximum absolute atomic E-state index is 5.85. The maximum atomic E-state index is 5.85. The van der Waals surface area contributed by atoms with E-state index in [-0.39, 0.29) is 5.54 Å². The molecule has 0 amide bonds. The van der Waals surface area contributed by atoms with Crippen LogP contribution in [0.3, 0.4) is 0 Å². The largest absolute Gasteiger partial charge is 0.373 e. The predicted octanol–water partition coefficient (Wildman–Crippen LogP) is 2.23. The molecule has 1 aromatic rings. The zero-order valence-electron chi connectivity index (χ0n) is 10.4. The van der Waals surface area contributed by atoms with Gasteiger partial charge in [-0.25, -0.2) is 0 Å². The molecule has 0 aliphatic heterocycles. The van der Waals surface area contributed by atoms with Crippen molar-refractivity contribution in [3.05, 3.63) is 15.9 Å². The highest BCUT2D eigenvalue weighted by molar-refractivity contribution is 9.10. The Bertz CT molecular complexity index is 355. The summed E-state index contributed by atoms with van der Waals surface area (Å²) in [5, 5.41) is 4.40. The molecule has 16 heavy (non-hydrogen) atoms. The van der Waals surface area contributed by atoms with Crippen LogP contribution in [0.15, 0.2) is 4.47 Å². The first-order chi connectivity index (χ1) is 7.35. The second-order valence-electron chi connectivity index (χ2n) is 4.64. The zero-order chi connectivity index (χ0) is 12.3. The molecule has 0 bridgehead atoms. The molecule has 0 saturated carbocycles. The number of halogens is 1. The van der Waals surface area contributed by atoms with Crippen molar-refractivity contribution >= 4 is 15.9 Å². The van der Waals surface area contributed by atoms with Gasteiger partial charge >= 0.3 is 0 Å². The van der Waals surface area contributed by atoms with Crippen LogP contribution in [-0.4, -0.2) is 21.9 Å². The molecule has 1 heterocycles. The Morgan fingerprint density at radius 3 is 2.62 bits per heavy atom. The summed E-state index contributed by atoms with van der Waals surface area (Å²) in [6.07, 6.45) is 0. The fraction of sp³-hybridized carbons (Fsp3) is 0.727. The average molecular weight is 290 g/mol. The van der Waals surface area contributed by atoms with Crippen molar-refractivity contribution in [1.82, 2.24) is 9.78 Å². The lowest BCUT2D eigenvalue weighted by Gasteiger charge is -2.18. The van der Waals surface area contributed by atoms with Crippen LogP contribution in [0.25, 0.3) is 0 Å². The monoisotopic (exact) mass is 289 g/mol. The van der Waals surface area contributed by atoms with E-state index in [1.54, 1.807) is 0 Å². The molecule has 1 aromatic heterocycles. The molecule has 92 valence electrons. The van der Waals surface area contributed by atoms with Crippen molar-refractivity contribution in [2.24, 2.45) is 5.73 Å². The molecule has 1 rings (SSSR count). The van der Waals surface area contributed by atoms with Crippen molar-refractivity contribution in [3.8, 4) is 0 Å². The standard InChI is InChI=1S/C11H20BrN3O/c1-5-15-9(10(12)8(2)14-15)6-16-7-11(3,4)13/h5-7,13H2,1-4H3. The molecule has 2 N–H and O–H groups in total. The van der Waals surface area contributed by atoms with Gasteiger partial charge in [0.05, 0.1) is 29.1 Å². The van der Waals surface area contributed by atoms with Gasteiger partial charge in [0.25, 0.3) is 0 Å². The van der Waals surface area contributed by atoms with Gasteiger partial charge in [0, 0.05) is 12.1 Å². The first-order valence-electron chi connectivity index (χ1n) is 5.43. The summed E-state index contributed by atoms with van der Waals surface area (Å²) in [6, 6.07) is 0. The smallest absolute Gasteiger partial charge is 0.0897 e. The van der Waals surface area contributed by atoms with Crippen LogP contribution >= 0.6 is 15.9 Å². The summed E-state index contributed by atoms with van der Waals surface area (Å²) in [5.74, 6) is 0. The molecular formula is C11H20BrN3O. The van der Waals surface area contributed by atoms with E-state index < -0.39 is 0 Å². The van der Waals surface area contributed by atoms with Crippen LogP contribution in [0.1, 0.15) is 32.2 Å². The number of ether oxygens (including phenoxy) is 1. The van der Waals surface area contributed by atoms with Crippen LogP contribution < -0.4 is 5.73 Å². The van der Waals surface area contributed by atoms with Crippen LogP contribution in [0.2, 0.25) is 0 Å². The Labute approximate surface area is 105 Å². The van der Waals surface area contributed by atoms with Gasteiger partial charge in [0.15, 0.2) is 0 Å². The molecule has 0 aliphatic rings. The fourth-order valence-corrected chi connectivity index (χ4v) is 1.82. The summed E-state index contributed by atoms with van der Waals surface area (Å²) >= 11 is 3.53. The Morgan fingerprint density at radius 2 is 2.12 bits per heavy atom. The number of nitrogens with zero attached hydrogens (tertiary/aromatic N) is 2. The molecule has 0 fully saturated rings. The van der Waals surface area contributed by atoms with E-state index in [9.17, 15) is 0 Å². The highest BCUT2D eigenvalue weighted by atomic mass is 79.9. The van der Waals surface area contributed by atoms with Crippen molar-refractivity contribution in [3.63, 3.8) is 0 Å². The summed E-state index contributed by atoms with van der Waals surface area (Å²) in [5.41, 5.74) is 7.63. The van der Waals surface area contributed by atoms with Gasteiger partial charge in [0.1, 0.15) is 0 Å². The lowest BCUT2D eigenvalue weighted by Crippen LogP contribution is -2.37. The average Bonchev–Trinajstić information content (AvgIpc) is 2.43. The second-order valence-corrected chi connectivity index (χ2v) is 5.44. The van der Waals surface area contributed by atoms with Gasteiger partial charge < -0.3 is 10.5 Å². The second kappa shape index (κ2) is 5.29. The molecule has 0 aromatic carbocycles. The molecule has 0 saturated heterocycles. The topological polar surface area (TPSA) is 53.1 Å². The highest BCUT2D eigenvalue weighted by Gasteiger charge is 2.15. The van der Waals surface area contributed by atoms with E-state index in [0.717, 1.165) is 22.4 Å². The third kappa shape index (κ3) is 3.57. The summed E-state index contributed by atoms with van der Waals surface area (Å²) in [7, 11) is 0. The van der Waals surface area contributed by atoms with Gasteiger partial charge in [-0.3, -0.25) is 4.68 Å². The molecule has 0 atom stereocenters. The molecule has 0 spiro atoms. The molecule has 5 heteroatoms. The number of nitrogens with two attached hydrogens (primary N) is 1. The van der Waals surface area contributed by atoms with Crippen LogP contribution in [-0.2, 0) is 17.9 Å². The Balaban J connectivity index is 2.66. The van der Waals surface area contributed by atoms with E-state index >= 15 is 0 Å².